The molecule has 1 saturated carbocycles. The molecule has 3 fully saturated rings. The van der Waals surface area contributed by atoms with E-state index in [1.54, 1.807) is 17.0 Å². The summed E-state index contributed by atoms with van der Waals surface area (Å²) in [4.78, 5) is 16.6. The van der Waals surface area contributed by atoms with Crippen molar-refractivity contribution in [2.45, 2.75) is 62.7 Å². The molecule has 2 aliphatic heterocycles. The molecule has 0 N–H and O–H groups in total. The number of hydrogen-bond donors (Lipinski definition) is 0. The Morgan fingerprint density at radius 3 is 2.52 bits per heavy atom. The molecule has 5 heteroatoms. The van der Waals surface area contributed by atoms with Gasteiger partial charge in [-0.25, -0.2) is 8.78 Å². The van der Waals surface area contributed by atoms with Crippen LogP contribution in [-0.4, -0.2) is 46.5 Å². The van der Waals surface area contributed by atoms with Gasteiger partial charge in [-0.15, -0.1) is 0 Å². The Morgan fingerprint density at radius 2 is 1.80 bits per heavy atom. The zero-order chi connectivity index (χ0) is 17.5. The molecule has 136 valence electrons. The van der Waals surface area contributed by atoms with Crippen molar-refractivity contribution in [3.8, 4) is 0 Å². The van der Waals surface area contributed by atoms with E-state index in [0.29, 0.717) is 25.9 Å². The van der Waals surface area contributed by atoms with Crippen LogP contribution in [0.15, 0.2) is 24.3 Å². The smallest absolute Gasteiger partial charge is 0.260 e. The van der Waals surface area contributed by atoms with E-state index in [2.05, 4.69) is 4.90 Å². The Balaban J connectivity index is 1.45. The molecule has 3 nitrogen and oxygen atoms in total. The quantitative estimate of drug-likeness (QED) is 0.832. The first-order chi connectivity index (χ1) is 12.0. The summed E-state index contributed by atoms with van der Waals surface area (Å²) in [7, 11) is 0. The molecule has 1 amide bonds. The highest BCUT2D eigenvalue weighted by molar-refractivity contribution is 5.88. The van der Waals surface area contributed by atoms with Gasteiger partial charge in [0.05, 0.1) is 0 Å². The summed E-state index contributed by atoms with van der Waals surface area (Å²) < 4.78 is 27.6. The largest absolute Gasteiger partial charge is 0.340 e. The van der Waals surface area contributed by atoms with Crippen molar-refractivity contribution in [1.82, 2.24) is 9.80 Å². The number of benzene rings is 1. The van der Waals surface area contributed by atoms with Crippen molar-refractivity contribution in [3.05, 3.63) is 35.6 Å². The van der Waals surface area contributed by atoms with Crippen LogP contribution in [0.4, 0.5) is 8.78 Å². The van der Waals surface area contributed by atoms with Crippen molar-refractivity contribution in [2.24, 2.45) is 0 Å². The van der Waals surface area contributed by atoms with Crippen LogP contribution in [0.1, 0.15) is 50.5 Å². The van der Waals surface area contributed by atoms with E-state index in [-0.39, 0.29) is 17.3 Å². The van der Waals surface area contributed by atoms with Gasteiger partial charge >= 0.3 is 0 Å². The number of halogens is 2. The van der Waals surface area contributed by atoms with Gasteiger partial charge < -0.3 is 4.90 Å². The first-order valence-electron chi connectivity index (χ1n) is 9.49. The van der Waals surface area contributed by atoms with Gasteiger partial charge in [0.1, 0.15) is 5.82 Å². The summed E-state index contributed by atoms with van der Waals surface area (Å²) in [6, 6.07) is 6.82. The van der Waals surface area contributed by atoms with Crippen molar-refractivity contribution < 1.29 is 13.6 Å². The standard InChI is InChI=1S/C20H26F2N2O/c21-17-5-1-4-16(14-17)15-24-12-3-7-19(24)6-2-11-23(13-10-19)18(25)20(22)8-9-20/h1,4-5,14H,2-3,6-13,15H2. The minimum absolute atomic E-state index is 0.0778. The molecule has 1 atom stereocenters. The van der Waals surface area contributed by atoms with E-state index in [9.17, 15) is 13.6 Å². The van der Waals surface area contributed by atoms with Gasteiger partial charge in [0.15, 0.2) is 5.67 Å². The number of hydrogen-bond acceptors (Lipinski definition) is 2. The Labute approximate surface area is 148 Å². The lowest BCUT2D eigenvalue weighted by Gasteiger charge is -2.38. The fourth-order valence-electron chi connectivity index (χ4n) is 4.65. The van der Waals surface area contributed by atoms with E-state index >= 15 is 0 Å². The molecular formula is C20H26F2N2O. The molecule has 1 unspecified atom stereocenters. The molecule has 1 aromatic carbocycles. The Morgan fingerprint density at radius 1 is 1.04 bits per heavy atom. The lowest BCUT2D eigenvalue weighted by molar-refractivity contribution is -0.138. The third-order valence-electron chi connectivity index (χ3n) is 6.28. The minimum atomic E-state index is -1.56. The summed E-state index contributed by atoms with van der Waals surface area (Å²) in [5.41, 5.74) is -0.484. The van der Waals surface area contributed by atoms with Gasteiger partial charge in [0.25, 0.3) is 5.91 Å². The molecule has 25 heavy (non-hydrogen) atoms. The maximum absolute atomic E-state index is 14.1. The topological polar surface area (TPSA) is 23.6 Å². The number of likely N-dealkylation sites (tertiary alicyclic amines) is 2. The molecule has 0 aromatic heterocycles. The van der Waals surface area contributed by atoms with Gasteiger partial charge in [0, 0.05) is 25.2 Å². The van der Waals surface area contributed by atoms with E-state index in [1.165, 1.54) is 6.07 Å². The summed E-state index contributed by atoms with van der Waals surface area (Å²) in [5.74, 6) is -0.486. The van der Waals surface area contributed by atoms with E-state index in [0.717, 1.165) is 50.8 Å². The average molecular weight is 348 g/mol. The highest BCUT2D eigenvalue weighted by Crippen LogP contribution is 2.43. The summed E-state index contributed by atoms with van der Waals surface area (Å²) in [6.07, 6.45) is 5.87. The second-order valence-electron chi connectivity index (χ2n) is 7.99. The van der Waals surface area contributed by atoms with Crippen LogP contribution in [0, 0.1) is 5.82 Å². The van der Waals surface area contributed by atoms with Crippen LogP contribution in [0.5, 0.6) is 0 Å². The number of carbonyl (C=O) groups is 1. The van der Waals surface area contributed by atoms with Crippen LogP contribution in [-0.2, 0) is 11.3 Å². The zero-order valence-electron chi connectivity index (χ0n) is 14.6. The lowest BCUT2D eigenvalue weighted by Crippen LogP contribution is -2.45. The van der Waals surface area contributed by atoms with Crippen molar-refractivity contribution in [2.75, 3.05) is 19.6 Å². The SMILES string of the molecule is O=C(N1CCCC2(CCCN2Cc2cccc(F)c2)CC1)C1(F)CC1. The van der Waals surface area contributed by atoms with Crippen LogP contribution >= 0.6 is 0 Å². The van der Waals surface area contributed by atoms with E-state index in [1.807, 2.05) is 6.07 Å². The predicted octanol–water partition coefficient (Wildman–Crippen LogP) is 3.67. The maximum atomic E-state index is 14.1. The Kier molecular flexibility index (Phi) is 4.30. The molecule has 1 aromatic rings. The molecule has 4 rings (SSSR count). The Hall–Kier alpha value is -1.49. The van der Waals surface area contributed by atoms with Gasteiger partial charge in [-0.2, -0.15) is 0 Å². The number of rotatable bonds is 3. The first-order valence-corrected chi connectivity index (χ1v) is 9.49. The van der Waals surface area contributed by atoms with Crippen molar-refractivity contribution in [3.63, 3.8) is 0 Å². The summed E-state index contributed by atoms with van der Waals surface area (Å²) in [6.45, 7) is 3.07. The normalized spacial score (nSPS) is 29.0. The third-order valence-corrected chi connectivity index (χ3v) is 6.28. The van der Waals surface area contributed by atoms with Crippen molar-refractivity contribution >= 4 is 5.91 Å². The van der Waals surface area contributed by atoms with Gasteiger partial charge in [-0.1, -0.05) is 12.1 Å². The Bertz CT molecular complexity index is 661. The second-order valence-corrected chi connectivity index (χ2v) is 7.99. The maximum Gasteiger partial charge on any atom is 0.260 e. The van der Waals surface area contributed by atoms with Crippen LogP contribution in [0.3, 0.4) is 0 Å². The first kappa shape index (κ1) is 17.0. The molecule has 1 aliphatic carbocycles. The van der Waals surface area contributed by atoms with Gasteiger partial charge in [-0.05, 0) is 69.2 Å². The number of alkyl halides is 1. The van der Waals surface area contributed by atoms with Gasteiger partial charge in [-0.3, -0.25) is 9.69 Å². The number of amides is 1. The third kappa shape index (κ3) is 3.31. The summed E-state index contributed by atoms with van der Waals surface area (Å²) >= 11 is 0. The fraction of sp³-hybridized carbons (Fsp3) is 0.650. The molecule has 2 heterocycles. The van der Waals surface area contributed by atoms with Crippen LogP contribution in [0.2, 0.25) is 0 Å². The number of nitrogens with zero attached hydrogens (tertiary/aromatic N) is 2. The molecule has 1 spiro atoms. The van der Waals surface area contributed by atoms with E-state index < -0.39 is 5.67 Å². The highest BCUT2D eigenvalue weighted by atomic mass is 19.1. The van der Waals surface area contributed by atoms with Gasteiger partial charge in [0.2, 0.25) is 0 Å². The molecular weight excluding hydrogens is 322 g/mol. The molecule has 0 bridgehead atoms. The van der Waals surface area contributed by atoms with Crippen LogP contribution < -0.4 is 0 Å². The van der Waals surface area contributed by atoms with Crippen LogP contribution in [0.25, 0.3) is 0 Å². The highest BCUT2D eigenvalue weighted by Gasteiger charge is 2.53. The molecule has 3 aliphatic rings. The minimum Gasteiger partial charge on any atom is -0.340 e. The van der Waals surface area contributed by atoms with E-state index in [4.69, 9.17) is 0 Å². The lowest BCUT2D eigenvalue weighted by atomic mass is 9.87. The average Bonchev–Trinajstić information content (AvgIpc) is 3.28. The molecule has 2 saturated heterocycles. The second kappa shape index (κ2) is 6.35. The monoisotopic (exact) mass is 348 g/mol. The zero-order valence-corrected chi connectivity index (χ0v) is 14.6. The summed E-state index contributed by atoms with van der Waals surface area (Å²) in [5, 5.41) is 0. The number of carbonyl (C=O) groups excluding carboxylic acids is 1. The molecule has 0 radical (unpaired) electrons. The predicted molar refractivity (Wildman–Crippen MR) is 92.3 cm³/mol. The fourth-order valence-corrected chi connectivity index (χ4v) is 4.65. The van der Waals surface area contributed by atoms with Crippen molar-refractivity contribution in [1.29, 1.82) is 0 Å².